The zero-order chi connectivity index (χ0) is 13.7. The van der Waals surface area contributed by atoms with Gasteiger partial charge in [-0.3, -0.25) is 4.79 Å². The lowest BCUT2D eigenvalue weighted by Crippen LogP contribution is -2.24. The van der Waals surface area contributed by atoms with Crippen molar-refractivity contribution in [3.05, 3.63) is 53.9 Å². The Bertz CT molecular complexity index is 590. The van der Waals surface area contributed by atoms with Crippen molar-refractivity contribution in [3.8, 4) is 5.75 Å². The van der Waals surface area contributed by atoms with Gasteiger partial charge < -0.3 is 15.8 Å². The molecule has 0 unspecified atom stereocenters. The number of benzene rings is 1. The quantitative estimate of drug-likeness (QED) is 0.846. The second-order valence-electron chi connectivity index (χ2n) is 3.98. The van der Waals surface area contributed by atoms with Crippen LogP contribution in [0.5, 0.6) is 5.75 Å². The van der Waals surface area contributed by atoms with E-state index in [1.54, 1.807) is 24.4 Å². The summed E-state index contributed by atoms with van der Waals surface area (Å²) in [7, 11) is 1.51. The maximum Gasteiger partial charge on any atom is 0.274 e. The first-order chi connectivity index (χ1) is 9.20. The van der Waals surface area contributed by atoms with Crippen LogP contribution in [0.15, 0.2) is 42.6 Å². The van der Waals surface area contributed by atoms with E-state index in [1.165, 1.54) is 7.11 Å². The van der Waals surface area contributed by atoms with Crippen molar-refractivity contribution in [2.45, 2.75) is 6.54 Å². The van der Waals surface area contributed by atoms with Gasteiger partial charge in [-0.2, -0.15) is 0 Å². The average molecular weight is 294 g/mol. The van der Waals surface area contributed by atoms with Crippen molar-refractivity contribution in [3.63, 3.8) is 0 Å². The van der Waals surface area contributed by atoms with Crippen LogP contribution >= 0.6 is 12.4 Å². The minimum Gasteiger partial charge on any atom is -0.494 e. The number of anilines is 1. The second-order valence-corrected chi connectivity index (χ2v) is 3.98. The molecule has 106 valence electrons. The summed E-state index contributed by atoms with van der Waals surface area (Å²) in [5.74, 6) is 0.174. The fourth-order valence-corrected chi connectivity index (χ4v) is 1.69. The van der Waals surface area contributed by atoms with E-state index in [9.17, 15) is 4.79 Å². The summed E-state index contributed by atoms with van der Waals surface area (Å²) in [5.41, 5.74) is 7.55. The van der Waals surface area contributed by atoms with Gasteiger partial charge in [0.05, 0.1) is 7.11 Å². The Kier molecular flexibility index (Phi) is 5.80. The largest absolute Gasteiger partial charge is 0.494 e. The number of rotatable bonds is 4. The van der Waals surface area contributed by atoms with Gasteiger partial charge in [0.1, 0.15) is 5.75 Å². The van der Waals surface area contributed by atoms with Crippen LogP contribution in [-0.4, -0.2) is 18.0 Å². The molecule has 6 heteroatoms. The zero-order valence-corrected chi connectivity index (χ0v) is 11.8. The number of nitrogen functional groups attached to an aromatic ring is 1. The monoisotopic (exact) mass is 293 g/mol. The zero-order valence-electron chi connectivity index (χ0n) is 11.0. The van der Waals surface area contributed by atoms with E-state index in [2.05, 4.69) is 10.3 Å². The summed E-state index contributed by atoms with van der Waals surface area (Å²) < 4.78 is 5.09. The van der Waals surface area contributed by atoms with Gasteiger partial charge in [0.15, 0.2) is 5.69 Å². The van der Waals surface area contributed by atoms with Crippen LogP contribution in [0.3, 0.4) is 0 Å². The van der Waals surface area contributed by atoms with E-state index in [1.807, 2.05) is 18.2 Å². The van der Waals surface area contributed by atoms with Gasteiger partial charge in [0, 0.05) is 18.4 Å². The number of amides is 1. The third kappa shape index (κ3) is 3.86. The maximum absolute atomic E-state index is 12.0. The van der Waals surface area contributed by atoms with Gasteiger partial charge in [-0.05, 0) is 29.8 Å². The first kappa shape index (κ1) is 15.8. The van der Waals surface area contributed by atoms with Crippen LogP contribution in [0.2, 0.25) is 0 Å². The average Bonchev–Trinajstić information content (AvgIpc) is 2.45. The molecule has 1 amide bonds. The van der Waals surface area contributed by atoms with Gasteiger partial charge in [0.2, 0.25) is 0 Å². The highest BCUT2D eigenvalue weighted by atomic mass is 35.5. The molecule has 0 fully saturated rings. The molecular formula is C14H16ClN3O2. The highest BCUT2D eigenvalue weighted by molar-refractivity contribution is 5.94. The second kappa shape index (κ2) is 7.35. The molecular weight excluding hydrogens is 278 g/mol. The fourth-order valence-electron chi connectivity index (χ4n) is 1.69. The minimum atomic E-state index is -0.278. The molecule has 0 aliphatic carbocycles. The number of nitrogens with two attached hydrogens (primary N) is 1. The highest BCUT2D eigenvalue weighted by Gasteiger charge is 2.12. The molecule has 2 aromatic rings. The molecule has 3 N–H and O–H groups in total. The van der Waals surface area contributed by atoms with Crippen molar-refractivity contribution in [1.29, 1.82) is 0 Å². The molecule has 5 nitrogen and oxygen atoms in total. The number of hydrogen-bond donors (Lipinski definition) is 2. The molecule has 0 atom stereocenters. The normalized spacial score (nSPS) is 9.45. The molecule has 0 aliphatic heterocycles. The smallest absolute Gasteiger partial charge is 0.274 e. The van der Waals surface area contributed by atoms with Crippen LogP contribution in [0.25, 0.3) is 0 Å². The van der Waals surface area contributed by atoms with Gasteiger partial charge in [-0.25, -0.2) is 4.98 Å². The number of aromatic nitrogens is 1. The topological polar surface area (TPSA) is 77.2 Å². The number of halogens is 1. The first-order valence-corrected chi connectivity index (χ1v) is 5.82. The van der Waals surface area contributed by atoms with Crippen molar-refractivity contribution >= 4 is 24.0 Å². The summed E-state index contributed by atoms with van der Waals surface area (Å²) in [6.07, 6.45) is 1.55. The number of nitrogens with one attached hydrogen (secondary N) is 1. The number of pyridine rings is 1. The highest BCUT2D eigenvalue weighted by Crippen LogP contribution is 2.14. The molecule has 1 aromatic heterocycles. The molecule has 1 heterocycles. The number of carbonyl (C=O) groups excluding carboxylic acids is 1. The summed E-state index contributed by atoms with van der Waals surface area (Å²) >= 11 is 0. The van der Waals surface area contributed by atoms with E-state index in [0.29, 0.717) is 18.0 Å². The predicted molar refractivity (Wildman–Crippen MR) is 80.1 cm³/mol. The van der Waals surface area contributed by atoms with E-state index in [0.717, 1.165) is 5.56 Å². The fraction of sp³-hybridized carbons (Fsp3) is 0.143. The molecule has 0 radical (unpaired) electrons. The third-order valence-electron chi connectivity index (χ3n) is 2.61. The van der Waals surface area contributed by atoms with Crippen LogP contribution in [0.4, 0.5) is 5.69 Å². The SMILES string of the molecule is COc1cccnc1C(=O)NCc1cccc(N)c1.Cl. The molecule has 0 saturated heterocycles. The van der Waals surface area contributed by atoms with Crippen LogP contribution < -0.4 is 15.8 Å². The molecule has 1 aromatic carbocycles. The standard InChI is InChI=1S/C14H15N3O2.ClH/c1-19-12-6-3-7-16-13(12)14(18)17-9-10-4-2-5-11(15)8-10;/h2-8H,9,15H2,1H3,(H,17,18);1H. The van der Waals surface area contributed by atoms with Gasteiger partial charge in [0.25, 0.3) is 5.91 Å². The third-order valence-corrected chi connectivity index (χ3v) is 2.61. The molecule has 0 bridgehead atoms. The summed E-state index contributed by atoms with van der Waals surface area (Å²) in [5, 5.41) is 2.78. The predicted octanol–water partition coefficient (Wildman–Crippen LogP) is 2.02. The number of hydrogen-bond acceptors (Lipinski definition) is 4. The van der Waals surface area contributed by atoms with Crippen molar-refractivity contribution < 1.29 is 9.53 Å². The Balaban J connectivity index is 0.00000200. The lowest BCUT2D eigenvalue weighted by Gasteiger charge is -2.08. The van der Waals surface area contributed by atoms with E-state index in [-0.39, 0.29) is 24.0 Å². The van der Waals surface area contributed by atoms with Gasteiger partial charge in [-0.1, -0.05) is 12.1 Å². The first-order valence-electron chi connectivity index (χ1n) is 5.82. The lowest BCUT2D eigenvalue weighted by molar-refractivity contribution is 0.0942. The van der Waals surface area contributed by atoms with Crippen molar-refractivity contribution in [2.75, 3.05) is 12.8 Å². The summed E-state index contributed by atoms with van der Waals surface area (Å²) in [6, 6.07) is 10.8. The van der Waals surface area contributed by atoms with Crippen LogP contribution in [0, 0.1) is 0 Å². The minimum absolute atomic E-state index is 0. The number of methoxy groups -OCH3 is 1. The van der Waals surface area contributed by atoms with E-state index >= 15 is 0 Å². The number of carbonyl (C=O) groups is 1. The Morgan fingerprint density at radius 2 is 2.15 bits per heavy atom. The van der Waals surface area contributed by atoms with E-state index in [4.69, 9.17) is 10.5 Å². The number of ether oxygens (including phenoxy) is 1. The molecule has 2 rings (SSSR count). The Morgan fingerprint density at radius 3 is 2.85 bits per heavy atom. The lowest BCUT2D eigenvalue weighted by atomic mass is 10.2. The Hall–Kier alpha value is -2.27. The van der Waals surface area contributed by atoms with Crippen molar-refractivity contribution in [2.24, 2.45) is 0 Å². The molecule has 20 heavy (non-hydrogen) atoms. The maximum atomic E-state index is 12.0. The Labute approximate surface area is 123 Å². The molecule has 0 spiro atoms. The van der Waals surface area contributed by atoms with Gasteiger partial charge in [-0.15, -0.1) is 12.4 Å². The summed E-state index contributed by atoms with van der Waals surface area (Å²) in [4.78, 5) is 16.0. The van der Waals surface area contributed by atoms with E-state index < -0.39 is 0 Å². The van der Waals surface area contributed by atoms with Gasteiger partial charge >= 0.3 is 0 Å². The number of nitrogens with zero attached hydrogens (tertiary/aromatic N) is 1. The molecule has 0 saturated carbocycles. The molecule has 0 aliphatic rings. The van der Waals surface area contributed by atoms with Crippen LogP contribution in [0.1, 0.15) is 16.1 Å². The van der Waals surface area contributed by atoms with Crippen LogP contribution in [-0.2, 0) is 6.54 Å². The van der Waals surface area contributed by atoms with Crippen molar-refractivity contribution in [1.82, 2.24) is 10.3 Å². The Morgan fingerprint density at radius 1 is 1.35 bits per heavy atom. The summed E-state index contributed by atoms with van der Waals surface area (Å²) in [6.45, 7) is 0.392.